The van der Waals surface area contributed by atoms with Crippen molar-refractivity contribution in [1.82, 2.24) is 5.43 Å². The Labute approximate surface area is 169 Å². The summed E-state index contributed by atoms with van der Waals surface area (Å²) in [6.45, 7) is 4.77. The maximum Gasteiger partial charge on any atom is 0.271 e. The topological polar surface area (TPSA) is 103 Å². The SMILES string of the molecule is CCOc1cc(C=NNC(=O)c2cccc([N+](=O)[O-])c2)cc(I)c1OCC. The molecule has 0 unspecified atom stereocenters. The van der Waals surface area contributed by atoms with Crippen molar-refractivity contribution >= 4 is 40.4 Å². The predicted octanol–water partition coefficient (Wildman–Crippen LogP) is 3.76. The molecule has 1 amide bonds. The Morgan fingerprint density at radius 3 is 2.67 bits per heavy atom. The molecule has 2 aromatic rings. The third-order valence-corrected chi connectivity index (χ3v) is 4.12. The Kier molecular flexibility index (Phi) is 7.53. The summed E-state index contributed by atoms with van der Waals surface area (Å²) in [5.74, 6) is 0.719. The number of amides is 1. The van der Waals surface area contributed by atoms with Crippen LogP contribution in [0, 0.1) is 13.7 Å². The molecule has 2 rings (SSSR count). The monoisotopic (exact) mass is 483 g/mol. The number of benzene rings is 2. The molecule has 0 aromatic heterocycles. The smallest absolute Gasteiger partial charge is 0.271 e. The molecule has 2 aromatic carbocycles. The maximum atomic E-state index is 12.1. The second-order valence-electron chi connectivity index (χ2n) is 5.20. The van der Waals surface area contributed by atoms with Crippen LogP contribution in [-0.2, 0) is 0 Å². The van der Waals surface area contributed by atoms with Crippen LogP contribution in [0.5, 0.6) is 11.5 Å². The van der Waals surface area contributed by atoms with Gasteiger partial charge in [0.2, 0.25) is 0 Å². The number of nitro benzene ring substituents is 1. The summed E-state index contributed by atoms with van der Waals surface area (Å²) >= 11 is 2.14. The quantitative estimate of drug-likeness (QED) is 0.267. The lowest BCUT2D eigenvalue weighted by atomic mass is 10.2. The van der Waals surface area contributed by atoms with Crippen molar-refractivity contribution in [1.29, 1.82) is 0 Å². The first kappa shape index (κ1) is 20.6. The van der Waals surface area contributed by atoms with Crippen molar-refractivity contribution in [3.05, 3.63) is 61.2 Å². The molecular formula is C18H18IN3O5. The van der Waals surface area contributed by atoms with E-state index in [2.05, 4.69) is 33.1 Å². The summed E-state index contributed by atoms with van der Waals surface area (Å²) in [7, 11) is 0. The number of non-ortho nitro benzene ring substituents is 1. The Bertz CT molecular complexity index is 870. The van der Waals surface area contributed by atoms with E-state index < -0.39 is 10.8 Å². The predicted molar refractivity (Wildman–Crippen MR) is 110 cm³/mol. The molecule has 1 N–H and O–H groups in total. The van der Waals surface area contributed by atoms with Crippen LogP contribution in [0.25, 0.3) is 0 Å². The molecule has 0 bridgehead atoms. The van der Waals surface area contributed by atoms with Gasteiger partial charge in [0.25, 0.3) is 11.6 Å². The highest BCUT2D eigenvalue weighted by atomic mass is 127. The summed E-state index contributed by atoms with van der Waals surface area (Å²) in [5, 5.41) is 14.7. The summed E-state index contributed by atoms with van der Waals surface area (Å²) < 4.78 is 12.1. The molecule has 0 fully saturated rings. The number of halogens is 1. The Morgan fingerprint density at radius 2 is 2.00 bits per heavy atom. The van der Waals surface area contributed by atoms with E-state index >= 15 is 0 Å². The molecule has 0 heterocycles. The molecule has 0 saturated carbocycles. The van der Waals surface area contributed by atoms with Crippen molar-refractivity contribution in [2.24, 2.45) is 5.10 Å². The van der Waals surface area contributed by atoms with Gasteiger partial charge in [0.1, 0.15) is 0 Å². The lowest BCUT2D eigenvalue weighted by molar-refractivity contribution is -0.384. The second-order valence-corrected chi connectivity index (χ2v) is 6.36. The zero-order valence-corrected chi connectivity index (χ0v) is 16.9. The molecule has 9 heteroatoms. The standard InChI is InChI=1S/C18H18IN3O5/c1-3-26-16-9-12(8-15(19)17(16)27-4-2)11-20-21-18(23)13-6-5-7-14(10-13)22(24)25/h5-11H,3-4H2,1-2H3,(H,21,23). The average molecular weight is 483 g/mol. The van der Waals surface area contributed by atoms with Gasteiger partial charge in [-0.2, -0.15) is 5.10 Å². The van der Waals surface area contributed by atoms with E-state index in [-0.39, 0.29) is 11.3 Å². The van der Waals surface area contributed by atoms with Crippen LogP contribution in [0.1, 0.15) is 29.8 Å². The second kappa shape index (κ2) is 9.86. The molecule has 0 aliphatic rings. The molecule has 27 heavy (non-hydrogen) atoms. The van der Waals surface area contributed by atoms with Gasteiger partial charge in [-0.25, -0.2) is 5.43 Å². The van der Waals surface area contributed by atoms with E-state index in [9.17, 15) is 14.9 Å². The van der Waals surface area contributed by atoms with Crippen LogP contribution in [0.2, 0.25) is 0 Å². The number of nitrogens with zero attached hydrogens (tertiary/aromatic N) is 2. The van der Waals surface area contributed by atoms with Crippen LogP contribution in [-0.4, -0.2) is 30.3 Å². The summed E-state index contributed by atoms with van der Waals surface area (Å²) in [4.78, 5) is 22.3. The largest absolute Gasteiger partial charge is 0.490 e. The van der Waals surface area contributed by atoms with Crippen molar-refractivity contribution in [2.75, 3.05) is 13.2 Å². The maximum absolute atomic E-state index is 12.1. The van der Waals surface area contributed by atoms with Crippen LogP contribution < -0.4 is 14.9 Å². The van der Waals surface area contributed by atoms with E-state index in [0.29, 0.717) is 30.3 Å². The summed E-state index contributed by atoms with van der Waals surface area (Å²) in [6.07, 6.45) is 1.47. The molecular weight excluding hydrogens is 465 g/mol. The molecule has 0 radical (unpaired) electrons. The van der Waals surface area contributed by atoms with E-state index in [1.54, 1.807) is 6.07 Å². The number of nitrogens with one attached hydrogen (secondary N) is 1. The first-order valence-corrected chi connectivity index (χ1v) is 9.21. The third-order valence-electron chi connectivity index (χ3n) is 3.32. The van der Waals surface area contributed by atoms with Crippen molar-refractivity contribution in [3.63, 3.8) is 0 Å². The van der Waals surface area contributed by atoms with Gasteiger partial charge in [0.05, 0.1) is 27.9 Å². The Morgan fingerprint density at radius 1 is 1.26 bits per heavy atom. The van der Waals surface area contributed by atoms with Crippen LogP contribution >= 0.6 is 22.6 Å². The number of rotatable bonds is 8. The van der Waals surface area contributed by atoms with Gasteiger partial charge in [0, 0.05) is 17.7 Å². The number of hydrazone groups is 1. The van der Waals surface area contributed by atoms with Gasteiger partial charge in [-0.3, -0.25) is 14.9 Å². The third kappa shape index (κ3) is 5.64. The lowest BCUT2D eigenvalue weighted by Gasteiger charge is -2.13. The van der Waals surface area contributed by atoms with E-state index in [1.807, 2.05) is 19.9 Å². The van der Waals surface area contributed by atoms with Gasteiger partial charge in [-0.1, -0.05) is 6.07 Å². The minimum absolute atomic E-state index is 0.151. The van der Waals surface area contributed by atoms with E-state index in [1.165, 1.54) is 30.5 Å². The van der Waals surface area contributed by atoms with E-state index in [4.69, 9.17) is 9.47 Å². The van der Waals surface area contributed by atoms with Crippen molar-refractivity contribution in [3.8, 4) is 11.5 Å². The van der Waals surface area contributed by atoms with Crippen molar-refractivity contribution in [2.45, 2.75) is 13.8 Å². The number of hydrogen-bond acceptors (Lipinski definition) is 6. The molecule has 0 aliphatic carbocycles. The molecule has 0 aliphatic heterocycles. The number of carbonyl (C=O) groups excluding carboxylic acids is 1. The number of hydrogen-bond donors (Lipinski definition) is 1. The van der Waals surface area contributed by atoms with E-state index in [0.717, 1.165) is 3.57 Å². The fraction of sp³-hybridized carbons (Fsp3) is 0.222. The minimum Gasteiger partial charge on any atom is -0.490 e. The number of ether oxygens (including phenoxy) is 2. The number of carbonyl (C=O) groups is 1. The zero-order chi connectivity index (χ0) is 19.8. The van der Waals surface area contributed by atoms with Gasteiger partial charge in [0.15, 0.2) is 11.5 Å². The van der Waals surface area contributed by atoms with Crippen LogP contribution in [0.4, 0.5) is 5.69 Å². The normalized spacial score (nSPS) is 10.6. The zero-order valence-electron chi connectivity index (χ0n) is 14.8. The Balaban J connectivity index is 2.14. The number of nitro groups is 1. The molecule has 0 saturated heterocycles. The van der Waals surface area contributed by atoms with Gasteiger partial charge < -0.3 is 9.47 Å². The highest BCUT2D eigenvalue weighted by Gasteiger charge is 2.12. The lowest BCUT2D eigenvalue weighted by Crippen LogP contribution is -2.17. The highest BCUT2D eigenvalue weighted by molar-refractivity contribution is 14.1. The fourth-order valence-electron chi connectivity index (χ4n) is 2.20. The molecule has 0 spiro atoms. The minimum atomic E-state index is -0.558. The summed E-state index contributed by atoms with van der Waals surface area (Å²) in [6, 6.07) is 9.04. The van der Waals surface area contributed by atoms with Gasteiger partial charge in [-0.05, 0) is 60.2 Å². The first-order chi connectivity index (χ1) is 13.0. The van der Waals surface area contributed by atoms with Crippen molar-refractivity contribution < 1.29 is 19.2 Å². The van der Waals surface area contributed by atoms with Gasteiger partial charge in [-0.15, -0.1) is 0 Å². The molecule has 142 valence electrons. The summed E-state index contributed by atoms with van der Waals surface area (Å²) in [5.41, 5.74) is 3.06. The van der Waals surface area contributed by atoms with Gasteiger partial charge >= 0.3 is 0 Å². The fourth-order valence-corrected chi connectivity index (χ4v) is 2.98. The molecule has 8 nitrogen and oxygen atoms in total. The average Bonchev–Trinajstić information content (AvgIpc) is 2.64. The first-order valence-electron chi connectivity index (χ1n) is 8.13. The Hall–Kier alpha value is -2.69. The molecule has 0 atom stereocenters. The van der Waals surface area contributed by atoms with Crippen LogP contribution in [0.3, 0.4) is 0 Å². The highest BCUT2D eigenvalue weighted by Crippen LogP contribution is 2.33. The van der Waals surface area contributed by atoms with Crippen LogP contribution in [0.15, 0.2) is 41.5 Å².